The molecule has 1 fully saturated rings. The molecule has 0 bridgehead atoms. The molecule has 0 spiro atoms. The zero-order chi connectivity index (χ0) is 20.5. The van der Waals surface area contributed by atoms with Crippen molar-refractivity contribution in [1.29, 1.82) is 0 Å². The number of fused-ring (bicyclic) bond motifs is 2. The number of aryl methyl sites for hydroxylation is 2. The van der Waals surface area contributed by atoms with Gasteiger partial charge in [-0.3, -0.25) is 4.79 Å². The van der Waals surface area contributed by atoms with Crippen LogP contribution in [0, 0.1) is 13.8 Å². The molecule has 0 N–H and O–H groups in total. The highest BCUT2D eigenvalue weighted by atomic mass is 16.8. The van der Waals surface area contributed by atoms with Crippen LogP contribution in [0.15, 0.2) is 30.4 Å². The fourth-order valence-electron chi connectivity index (χ4n) is 3.65. The molecule has 0 aliphatic carbocycles. The molecule has 0 unspecified atom stereocenters. The van der Waals surface area contributed by atoms with Crippen LogP contribution in [-0.2, 0) is 19.0 Å². The molecule has 3 atom stereocenters. The summed E-state index contributed by atoms with van der Waals surface area (Å²) < 4.78 is 17.4. The summed E-state index contributed by atoms with van der Waals surface area (Å²) >= 11 is 0. The van der Waals surface area contributed by atoms with Crippen LogP contribution in [0.5, 0.6) is 0 Å². The summed E-state index contributed by atoms with van der Waals surface area (Å²) in [5, 5.41) is 0. The molecule has 1 aromatic carbocycles. The van der Waals surface area contributed by atoms with Gasteiger partial charge in [-0.15, -0.1) is 0 Å². The van der Waals surface area contributed by atoms with Gasteiger partial charge in [-0.25, -0.2) is 4.79 Å². The first-order valence-corrected chi connectivity index (χ1v) is 9.71. The first-order valence-electron chi connectivity index (χ1n) is 9.71. The van der Waals surface area contributed by atoms with E-state index in [1.54, 1.807) is 6.08 Å². The Balaban J connectivity index is 2.01. The van der Waals surface area contributed by atoms with E-state index in [1.165, 1.54) is 6.08 Å². The number of carbonyl (C=O) groups is 2. The van der Waals surface area contributed by atoms with Crippen LogP contribution in [0.2, 0.25) is 0 Å². The Morgan fingerprint density at radius 3 is 2.39 bits per heavy atom. The summed E-state index contributed by atoms with van der Waals surface area (Å²) in [5.74, 6) is -1.28. The minimum Gasteiger partial charge on any atom is -0.459 e. The number of ketones is 1. The van der Waals surface area contributed by atoms with E-state index in [1.807, 2.05) is 58.9 Å². The van der Waals surface area contributed by atoms with Gasteiger partial charge in [0, 0.05) is 6.42 Å². The summed E-state index contributed by atoms with van der Waals surface area (Å²) in [6.45, 7) is 9.32. The van der Waals surface area contributed by atoms with Crippen molar-refractivity contribution < 1.29 is 23.8 Å². The predicted molar refractivity (Wildman–Crippen MR) is 107 cm³/mol. The Labute approximate surface area is 166 Å². The topological polar surface area (TPSA) is 61.8 Å². The van der Waals surface area contributed by atoms with Gasteiger partial charge < -0.3 is 14.2 Å². The molecule has 1 aromatic rings. The van der Waals surface area contributed by atoms with Crippen molar-refractivity contribution in [2.75, 3.05) is 0 Å². The molecule has 1 saturated heterocycles. The fourth-order valence-corrected chi connectivity index (χ4v) is 3.65. The van der Waals surface area contributed by atoms with Gasteiger partial charge in [0.25, 0.3) is 0 Å². The molecular formula is C23H28O5. The fraction of sp³-hybridized carbons (Fsp3) is 0.478. The lowest BCUT2D eigenvalue weighted by Crippen LogP contribution is -2.30. The molecule has 3 rings (SSSR count). The lowest BCUT2D eigenvalue weighted by molar-refractivity contribution is -0.152. The maximum Gasteiger partial charge on any atom is 0.339 e. The average molecular weight is 384 g/mol. The van der Waals surface area contributed by atoms with E-state index < -0.39 is 11.9 Å². The third kappa shape index (κ3) is 4.42. The van der Waals surface area contributed by atoms with Gasteiger partial charge in [0.05, 0.1) is 11.7 Å². The summed E-state index contributed by atoms with van der Waals surface area (Å²) in [7, 11) is 0. The van der Waals surface area contributed by atoms with E-state index >= 15 is 0 Å². The van der Waals surface area contributed by atoms with Gasteiger partial charge in [-0.1, -0.05) is 30.4 Å². The van der Waals surface area contributed by atoms with Gasteiger partial charge in [-0.2, -0.15) is 0 Å². The molecule has 0 amide bonds. The first kappa shape index (κ1) is 20.5. The van der Waals surface area contributed by atoms with Gasteiger partial charge in [0.15, 0.2) is 11.6 Å². The van der Waals surface area contributed by atoms with E-state index in [-0.39, 0.29) is 24.0 Å². The number of esters is 1. The highest BCUT2D eigenvalue weighted by molar-refractivity contribution is 5.96. The second kappa shape index (κ2) is 8.02. The quantitative estimate of drug-likeness (QED) is 0.624. The van der Waals surface area contributed by atoms with Crippen LogP contribution >= 0.6 is 0 Å². The van der Waals surface area contributed by atoms with Crippen molar-refractivity contribution >= 4 is 17.8 Å². The van der Waals surface area contributed by atoms with Gasteiger partial charge in [-0.05, 0) is 63.8 Å². The highest BCUT2D eigenvalue weighted by Gasteiger charge is 2.43. The monoisotopic (exact) mass is 384 g/mol. The Morgan fingerprint density at radius 2 is 1.64 bits per heavy atom. The van der Waals surface area contributed by atoms with Crippen molar-refractivity contribution in [2.24, 2.45) is 0 Å². The molecule has 5 heteroatoms. The van der Waals surface area contributed by atoms with E-state index in [0.29, 0.717) is 18.4 Å². The SMILES string of the molecule is Cc1ccc(C)c2c1/C=C/C[C@@H]1OC(C)(C)O[C@@H]1C(=O)/C=C\C[C@H](C)OC2=O. The molecule has 5 nitrogen and oxygen atoms in total. The Bertz CT molecular complexity index is 834. The molecule has 0 radical (unpaired) electrons. The summed E-state index contributed by atoms with van der Waals surface area (Å²) in [4.78, 5) is 25.4. The number of rotatable bonds is 0. The number of cyclic esters (lactones) is 1. The van der Waals surface area contributed by atoms with Crippen LogP contribution in [-0.4, -0.2) is 35.9 Å². The molecule has 0 saturated carbocycles. The van der Waals surface area contributed by atoms with E-state index in [9.17, 15) is 9.59 Å². The number of carbonyl (C=O) groups excluding carboxylic acids is 2. The first-order chi connectivity index (χ1) is 13.2. The Morgan fingerprint density at radius 1 is 0.964 bits per heavy atom. The number of hydrogen-bond acceptors (Lipinski definition) is 5. The smallest absolute Gasteiger partial charge is 0.339 e. The van der Waals surface area contributed by atoms with Crippen LogP contribution in [0.4, 0.5) is 0 Å². The Kier molecular flexibility index (Phi) is 5.87. The van der Waals surface area contributed by atoms with Crippen LogP contribution in [0.3, 0.4) is 0 Å². The van der Waals surface area contributed by atoms with Crippen molar-refractivity contribution in [2.45, 2.75) is 71.6 Å². The second-order valence-corrected chi connectivity index (χ2v) is 7.98. The maximum atomic E-state index is 12.8. The average Bonchev–Trinajstić information content (AvgIpc) is 2.91. The molecule has 2 aliphatic heterocycles. The minimum absolute atomic E-state index is 0.132. The van der Waals surface area contributed by atoms with Crippen molar-refractivity contribution in [3.05, 3.63) is 52.6 Å². The van der Waals surface area contributed by atoms with E-state index in [4.69, 9.17) is 14.2 Å². The molecule has 150 valence electrons. The standard InChI is InChI=1S/C23H28O5/c1-14-12-13-15(2)20-17(14)9-7-11-19-21(28-23(4,5)27-19)18(24)10-6-8-16(3)26-22(20)25/h6-7,9-10,12-13,16,19,21H,8,11H2,1-5H3/b9-7+,10-6-/t16-,19-,21+/m0/s1. The predicted octanol–water partition coefficient (Wildman–Crippen LogP) is 4.30. The highest BCUT2D eigenvalue weighted by Crippen LogP contribution is 2.32. The third-order valence-electron chi connectivity index (χ3n) is 5.05. The summed E-state index contributed by atoms with van der Waals surface area (Å²) in [6, 6.07) is 3.92. The largest absolute Gasteiger partial charge is 0.459 e. The number of ether oxygens (including phenoxy) is 3. The third-order valence-corrected chi connectivity index (χ3v) is 5.05. The van der Waals surface area contributed by atoms with Crippen molar-refractivity contribution in [3.8, 4) is 0 Å². The molecule has 0 aromatic heterocycles. The Hall–Kier alpha value is -2.24. The zero-order valence-corrected chi connectivity index (χ0v) is 17.2. The molecule has 2 aliphatic rings. The van der Waals surface area contributed by atoms with Gasteiger partial charge in [0.1, 0.15) is 12.2 Å². The minimum atomic E-state index is -0.808. The lowest BCUT2D eigenvalue weighted by atomic mass is 9.96. The molecule has 28 heavy (non-hydrogen) atoms. The van der Waals surface area contributed by atoms with Gasteiger partial charge in [0.2, 0.25) is 0 Å². The molecule has 2 heterocycles. The van der Waals surface area contributed by atoms with Crippen molar-refractivity contribution in [3.63, 3.8) is 0 Å². The number of benzene rings is 1. The summed E-state index contributed by atoms with van der Waals surface area (Å²) in [6.07, 6.45) is 6.70. The zero-order valence-electron chi connectivity index (χ0n) is 17.2. The van der Waals surface area contributed by atoms with E-state index in [0.717, 1.165) is 16.7 Å². The second-order valence-electron chi connectivity index (χ2n) is 7.98. The summed E-state index contributed by atoms with van der Waals surface area (Å²) in [5.41, 5.74) is 3.29. The normalized spacial score (nSPS) is 30.0. The van der Waals surface area contributed by atoms with E-state index in [2.05, 4.69) is 0 Å². The van der Waals surface area contributed by atoms with Crippen molar-refractivity contribution in [1.82, 2.24) is 0 Å². The van der Waals surface area contributed by atoms with Gasteiger partial charge >= 0.3 is 5.97 Å². The van der Waals surface area contributed by atoms with Crippen LogP contribution < -0.4 is 0 Å². The van der Waals surface area contributed by atoms with Crippen LogP contribution in [0.25, 0.3) is 6.08 Å². The van der Waals surface area contributed by atoms with Crippen LogP contribution in [0.1, 0.15) is 60.7 Å². The number of hydrogen-bond donors (Lipinski definition) is 0. The lowest BCUT2D eigenvalue weighted by Gasteiger charge is -2.17. The molecular weight excluding hydrogens is 356 g/mol. The maximum absolute atomic E-state index is 12.8.